The number of rotatable bonds is 19. The lowest BCUT2D eigenvalue weighted by Crippen LogP contribution is -1.93. The van der Waals surface area contributed by atoms with E-state index in [4.69, 9.17) is 13.6 Å². The van der Waals surface area contributed by atoms with E-state index in [9.17, 15) is 0 Å². The van der Waals surface area contributed by atoms with Gasteiger partial charge in [-0.15, -0.1) is 0 Å². The Hall–Kier alpha value is 0.310. The summed E-state index contributed by atoms with van der Waals surface area (Å²) in [5, 5.41) is 0. The zero-order chi connectivity index (χ0) is 17.0. The molecule has 0 heterocycles. The van der Waals surface area contributed by atoms with Crippen LogP contribution < -0.4 is 0 Å². The van der Waals surface area contributed by atoms with E-state index in [-0.39, 0.29) is 0 Å². The SMILES string of the molecule is CCCCCCCCCCCCCCCCCOP(OC)OC. The van der Waals surface area contributed by atoms with Crippen LogP contribution in [0.2, 0.25) is 0 Å². The Labute approximate surface area is 146 Å². The first kappa shape index (κ1) is 23.3. The second-order valence-corrected chi connectivity index (χ2v) is 7.81. The van der Waals surface area contributed by atoms with Crippen LogP contribution in [0.1, 0.15) is 103 Å². The molecule has 0 spiro atoms. The summed E-state index contributed by atoms with van der Waals surface area (Å²) in [7, 11) is 2.15. The molecule has 0 aliphatic heterocycles. The molecule has 0 aliphatic carbocycles. The van der Waals surface area contributed by atoms with Crippen LogP contribution in [0, 0.1) is 0 Å². The minimum Gasteiger partial charge on any atom is -0.316 e. The van der Waals surface area contributed by atoms with Gasteiger partial charge < -0.3 is 13.6 Å². The smallest absolute Gasteiger partial charge is 0.316 e. The van der Waals surface area contributed by atoms with Crippen molar-refractivity contribution < 1.29 is 13.6 Å². The highest BCUT2D eigenvalue weighted by Gasteiger charge is 2.05. The molecule has 23 heavy (non-hydrogen) atoms. The molecule has 0 amide bonds. The van der Waals surface area contributed by atoms with E-state index in [1.54, 1.807) is 14.2 Å². The third-order valence-corrected chi connectivity index (χ3v) is 5.23. The highest BCUT2D eigenvalue weighted by atomic mass is 31.2. The summed E-state index contributed by atoms with van der Waals surface area (Å²) >= 11 is 0. The summed E-state index contributed by atoms with van der Waals surface area (Å²) < 4.78 is 15.6. The lowest BCUT2D eigenvalue weighted by molar-refractivity contribution is 0.202. The van der Waals surface area contributed by atoms with Crippen LogP contribution in [0.15, 0.2) is 0 Å². The second-order valence-electron chi connectivity index (χ2n) is 6.37. The molecule has 0 atom stereocenters. The van der Waals surface area contributed by atoms with Crippen LogP contribution in [-0.4, -0.2) is 20.8 Å². The molecule has 0 saturated heterocycles. The Kier molecular flexibility index (Phi) is 20.6. The molecule has 0 aromatic rings. The van der Waals surface area contributed by atoms with Crippen molar-refractivity contribution in [3.05, 3.63) is 0 Å². The Morgan fingerprint density at radius 2 is 0.870 bits per heavy atom. The molecule has 0 aromatic heterocycles. The topological polar surface area (TPSA) is 27.7 Å². The normalized spacial score (nSPS) is 11.5. The van der Waals surface area contributed by atoms with Crippen LogP contribution in [0.3, 0.4) is 0 Å². The fraction of sp³-hybridized carbons (Fsp3) is 1.00. The number of hydrogen-bond donors (Lipinski definition) is 0. The first-order chi connectivity index (χ1) is 11.3. The zero-order valence-electron chi connectivity index (χ0n) is 16.0. The summed E-state index contributed by atoms with van der Waals surface area (Å²) in [5.41, 5.74) is 0. The Morgan fingerprint density at radius 3 is 1.22 bits per heavy atom. The third kappa shape index (κ3) is 18.5. The highest BCUT2D eigenvalue weighted by Crippen LogP contribution is 2.37. The van der Waals surface area contributed by atoms with Gasteiger partial charge in [0.05, 0.1) is 6.61 Å². The second kappa shape index (κ2) is 20.4. The van der Waals surface area contributed by atoms with Gasteiger partial charge in [-0.05, 0) is 6.42 Å². The van der Waals surface area contributed by atoms with Crippen molar-refractivity contribution in [2.24, 2.45) is 0 Å². The molecule has 0 unspecified atom stereocenters. The minimum absolute atomic E-state index is 0.756. The Bertz CT molecular complexity index is 211. The van der Waals surface area contributed by atoms with Crippen LogP contribution in [-0.2, 0) is 13.6 Å². The molecular formula is C19H41O3P. The van der Waals surface area contributed by atoms with Crippen molar-refractivity contribution in [1.29, 1.82) is 0 Å². The third-order valence-electron chi connectivity index (χ3n) is 4.24. The molecule has 0 aromatic carbocycles. The van der Waals surface area contributed by atoms with E-state index in [1.165, 1.54) is 89.9 Å². The van der Waals surface area contributed by atoms with E-state index < -0.39 is 8.60 Å². The first-order valence-electron chi connectivity index (χ1n) is 9.86. The molecule has 140 valence electrons. The molecule has 0 rings (SSSR count). The van der Waals surface area contributed by atoms with Gasteiger partial charge in [-0.1, -0.05) is 96.8 Å². The van der Waals surface area contributed by atoms with Gasteiger partial charge in [0.1, 0.15) is 0 Å². The quantitative estimate of drug-likeness (QED) is 0.180. The van der Waals surface area contributed by atoms with E-state index in [1.807, 2.05) is 0 Å². The maximum Gasteiger partial charge on any atom is 0.332 e. The van der Waals surface area contributed by atoms with E-state index in [0.29, 0.717) is 0 Å². The lowest BCUT2D eigenvalue weighted by Gasteiger charge is -2.11. The van der Waals surface area contributed by atoms with Gasteiger partial charge >= 0.3 is 8.60 Å². The van der Waals surface area contributed by atoms with Crippen LogP contribution in [0.5, 0.6) is 0 Å². The molecule has 4 heteroatoms. The molecule has 0 bridgehead atoms. The molecule has 0 aliphatic rings. The van der Waals surface area contributed by atoms with Crippen molar-refractivity contribution in [3.63, 3.8) is 0 Å². The Morgan fingerprint density at radius 1 is 0.522 bits per heavy atom. The monoisotopic (exact) mass is 348 g/mol. The highest BCUT2D eigenvalue weighted by molar-refractivity contribution is 7.41. The number of hydrogen-bond acceptors (Lipinski definition) is 3. The average molecular weight is 349 g/mol. The van der Waals surface area contributed by atoms with Gasteiger partial charge in [-0.3, -0.25) is 0 Å². The molecule has 0 N–H and O–H groups in total. The van der Waals surface area contributed by atoms with Crippen molar-refractivity contribution in [2.75, 3.05) is 20.8 Å². The molecule has 0 radical (unpaired) electrons. The average Bonchev–Trinajstić information content (AvgIpc) is 2.58. The molecule has 0 fully saturated rings. The van der Waals surface area contributed by atoms with Crippen LogP contribution in [0.25, 0.3) is 0 Å². The van der Waals surface area contributed by atoms with Gasteiger partial charge in [-0.25, -0.2) is 0 Å². The van der Waals surface area contributed by atoms with Gasteiger partial charge in [0.15, 0.2) is 0 Å². The standard InChI is InChI=1S/C19H41O3P/c1-4-5-6-7-8-9-10-11-12-13-14-15-16-17-18-19-22-23(20-2)21-3/h4-19H2,1-3H3. The molecule has 0 saturated carbocycles. The number of unbranched alkanes of at least 4 members (excludes halogenated alkanes) is 14. The van der Waals surface area contributed by atoms with Crippen molar-refractivity contribution in [1.82, 2.24) is 0 Å². The van der Waals surface area contributed by atoms with Gasteiger partial charge in [0.2, 0.25) is 0 Å². The molecule has 3 nitrogen and oxygen atoms in total. The summed E-state index contributed by atoms with van der Waals surface area (Å²) in [6.07, 6.45) is 20.8. The van der Waals surface area contributed by atoms with E-state index in [2.05, 4.69) is 6.92 Å². The van der Waals surface area contributed by atoms with Crippen LogP contribution >= 0.6 is 8.60 Å². The van der Waals surface area contributed by atoms with Crippen molar-refractivity contribution >= 4 is 8.60 Å². The van der Waals surface area contributed by atoms with E-state index >= 15 is 0 Å². The first-order valence-corrected chi connectivity index (χ1v) is 11.0. The summed E-state index contributed by atoms with van der Waals surface area (Å²) in [6.45, 7) is 3.04. The van der Waals surface area contributed by atoms with Gasteiger partial charge in [-0.2, -0.15) is 0 Å². The summed E-state index contributed by atoms with van der Waals surface area (Å²) in [6, 6.07) is 0. The van der Waals surface area contributed by atoms with E-state index in [0.717, 1.165) is 13.0 Å². The molecular weight excluding hydrogens is 307 g/mol. The maximum atomic E-state index is 5.47. The zero-order valence-corrected chi connectivity index (χ0v) is 16.9. The van der Waals surface area contributed by atoms with Gasteiger partial charge in [0, 0.05) is 14.2 Å². The fourth-order valence-corrected chi connectivity index (χ4v) is 3.43. The maximum absolute atomic E-state index is 5.47. The lowest BCUT2D eigenvalue weighted by atomic mass is 10.0. The fourth-order valence-electron chi connectivity index (χ4n) is 2.79. The summed E-state index contributed by atoms with van der Waals surface area (Å²) in [4.78, 5) is 0. The van der Waals surface area contributed by atoms with Gasteiger partial charge in [0.25, 0.3) is 0 Å². The van der Waals surface area contributed by atoms with Crippen molar-refractivity contribution in [2.45, 2.75) is 103 Å². The summed E-state index contributed by atoms with van der Waals surface area (Å²) in [5.74, 6) is 0. The predicted molar refractivity (Wildman–Crippen MR) is 102 cm³/mol. The minimum atomic E-state index is -1.10. The largest absolute Gasteiger partial charge is 0.332 e. The van der Waals surface area contributed by atoms with Crippen molar-refractivity contribution in [3.8, 4) is 0 Å². The Balaban J connectivity index is 3.02. The predicted octanol–water partition coefficient (Wildman–Crippen LogP) is 7.39. The van der Waals surface area contributed by atoms with Crippen LogP contribution in [0.4, 0.5) is 0 Å².